The molecule has 0 heterocycles. The zero-order valence-electron chi connectivity index (χ0n) is 11.1. The van der Waals surface area contributed by atoms with Crippen molar-refractivity contribution < 1.29 is 13.5 Å². The van der Waals surface area contributed by atoms with Crippen LogP contribution in [-0.4, -0.2) is 7.11 Å². The maximum atomic E-state index is 13.8. The van der Waals surface area contributed by atoms with E-state index in [2.05, 4.69) is 21.2 Å². The van der Waals surface area contributed by atoms with E-state index < -0.39 is 5.82 Å². The summed E-state index contributed by atoms with van der Waals surface area (Å²) in [5, 5.41) is 3.06. The van der Waals surface area contributed by atoms with E-state index in [0.717, 1.165) is 0 Å². The number of nitrogens with one attached hydrogen (secondary N) is 1. The van der Waals surface area contributed by atoms with Crippen LogP contribution in [0.2, 0.25) is 0 Å². The molecule has 1 N–H and O–H groups in total. The molecule has 20 heavy (non-hydrogen) atoms. The summed E-state index contributed by atoms with van der Waals surface area (Å²) < 4.78 is 33.0. The first-order valence-electron chi connectivity index (χ1n) is 6.06. The lowest BCUT2D eigenvalue weighted by atomic mass is 10.1. The van der Waals surface area contributed by atoms with Gasteiger partial charge in [0.15, 0.2) is 11.6 Å². The molecule has 0 saturated carbocycles. The molecule has 1 unspecified atom stereocenters. The molecule has 1 atom stereocenters. The van der Waals surface area contributed by atoms with Gasteiger partial charge in [0.2, 0.25) is 0 Å². The lowest BCUT2D eigenvalue weighted by Crippen LogP contribution is -2.08. The van der Waals surface area contributed by atoms with E-state index >= 15 is 0 Å². The van der Waals surface area contributed by atoms with Crippen molar-refractivity contribution in [2.45, 2.75) is 13.0 Å². The van der Waals surface area contributed by atoms with Gasteiger partial charge in [0, 0.05) is 21.8 Å². The van der Waals surface area contributed by atoms with Gasteiger partial charge in [0.05, 0.1) is 13.2 Å². The standard InChI is InChI=1S/C15H14BrF2NO/c1-9(12-5-3-10(16)7-13(12)17)19-11-4-6-15(20-2)14(18)8-11/h3-9,19H,1-2H3. The molecule has 0 bridgehead atoms. The van der Waals surface area contributed by atoms with Gasteiger partial charge in [0.1, 0.15) is 5.82 Å². The molecule has 106 valence electrons. The third-order valence-electron chi connectivity index (χ3n) is 2.96. The fourth-order valence-corrected chi connectivity index (χ4v) is 2.27. The molecule has 2 aromatic rings. The fraction of sp³-hybridized carbons (Fsp3) is 0.200. The predicted molar refractivity (Wildman–Crippen MR) is 79.1 cm³/mol. The number of hydrogen-bond acceptors (Lipinski definition) is 2. The summed E-state index contributed by atoms with van der Waals surface area (Å²) in [6.45, 7) is 1.81. The summed E-state index contributed by atoms with van der Waals surface area (Å²) in [7, 11) is 1.41. The molecule has 0 fully saturated rings. The molecule has 0 amide bonds. The minimum Gasteiger partial charge on any atom is -0.494 e. The van der Waals surface area contributed by atoms with Gasteiger partial charge in [-0.15, -0.1) is 0 Å². The summed E-state index contributed by atoms with van der Waals surface area (Å²) in [5.41, 5.74) is 1.09. The third kappa shape index (κ3) is 3.28. The van der Waals surface area contributed by atoms with Crippen LogP contribution in [0.5, 0.6) is 5.75 Å². The quantitative estimate of drug-likeness (QED) is 0.853. The highest BCUT2D eigenvalue weighted by Gasteiger charge is 2.12. The van der Waals surface area contributed by atoms with Crippen molar-refractivity contribution in [1.82, 2.24) is 0 Å². The van der Waals surface area contributed by atoms with E-state index in [0.29, 0.717) is 15.7 Å². The van der Waals surface area contributed by atoms with Crippen molar-refractivity contribution >= 4 is 21.6 Å². The Balaban J connectivity index is 2.18. The second-order valence-corrected chi connectivity index (χ2v) is 5.30. The number of halogens is 3. The normalized spacial score (nSPS) is 12.1. The Morgan fingerprint density at radius 3 is 2.45 bits per heavy atom. The highest BCUT2D eigenvalue weighted by molar-refractivity contribution is 9.10. The zero-order valence-corrected chi connectivity index (χ0v) is 12.7. The number of rotatable bonds is 4. The number of benzene rings is 2. The predicted octanol–water partition coefficient (Wildman–Crippen LogP) is 4.91. The number of methoxy groups -OCH3 is 1. The molecular formula is C15H14BrF2NO. The molecule has 0 saturated heterocycles. The molecule has 0 spiro atoms. The number of hydrogen-bond donors (Lipinski definition) is 1. The second kappa shape index (κ2) is 6.22. The summed E-state index contributed by atoms with van der Waals surface area (Å²) in [4.78, 5) is 0. The van der Waals surface area contributed by atoms with E-state index in [1.165, 1.54) is 25.3 Å². The topological polar surface area (TPSA) is 21.3 Å². The Bertz CT molecular complexity index is 619. The van der Waals surface area contributed by atoms with Gasteiger partial charge in [-0.05, 0) is 31.2 Å². The molecule has 2 rings (SSSR count). The maximum absolute atomic E-state index is 13.8. The number of ether oxygens (including phenoxy) is 1. The molecule has 0 aliphatic rings. The van der Waals surface area contributed by atoms with Gasteiger partial charge < -0.3 is 10.1 Å². The SMILES string of the molecule is COc1ccc(NC(C)c2ccc(Br)cc2F)cc1F. The van der Waals surface area contributed by atoms with E-state index in [1.54, 1.807) is 18.2 Å². The van der Waals surface area contributed by atoms with Gasteiger partial charge in [-0.1, -0.05) is 22.0 Å². The van der Waals surface area contributed by atoms with Crippen molar-refractivity contribution in [3.63, 3.8) is 0 Å². The molecule has 2 aromatic carbocycles. The lowest BCUT2D eigenvalue weighted by Gasteiger charge is -2.17. The van der Waals surface area contributed by atoms with Crippen LogP contribution in [0.4, 0.5) is 14.5 Å². The van der Waals surface area contributed by atoms with Crippen LogP contribution in [-0.2, 0) is 0 Å². The molecule has 2 nitrogen and oxygen atoms in total. The molecule has 0 aliphatic heterocycles. The Morgan fingerprint density at radius 2 is 1.85 bits per heavy atom. The highest BCUT2D eigenvalue weighted by Crippen LogP contribution is 2.26. The van der Waals surface area contributed by atoms with Gasteiger partial charge in [-0.2, -0.15) is 0 Å². The van der Waals surface area contributed by atoms with E-state index in [1.807, 2.05) is 6.92 Å². The Labute approximate surface area is 124 Å². The summed E-state index contributed by atoms with van der Waals surface area (Å²) in [6.07, 6.45) is 0. The smallest absolute Gasteiger partial charge is 0.167 e. The van der Waals surface area contributed by atoms with E-state index in [-0.39, 0.29) is 17.6 Å². The summed E-state index contributed by atoms with van der Waals surface area (Å²) in [6, 6.07) is 9.13. The van der Waals surface area contributed by atoms with Crippen molar-refractivity contribution in [2.24, 2.45) is 0 Å². The van der Waals surface area contributed by atoms with Gasteiger partial charge >= 0.3 is 0 Å². The van der Waals surface area contributed by atoms with Crippen LogP contribution in [0.1, 0.15) is 18.5 Å². The second-order valence-electron chi connectivity index (χ2n) is 4.38. The monoisotopic (exact) mass is 341 g/mol. The van der Waals surface area contributed by atoms with Crippen LogP contribution < -0.4 is 10.1 Å². The van der Waals surface area contributed by atoms with Gasteiger partial charge in [-0.3, -0.25) is 0 Å². The van der Waals surface area contributed by atoms with Crippen molar-refractivity contribution in [1.29, 1.82) is 0 Å². The maximum Gasteiger partial charge on any atom is 0.167 e. The van der Waals surface area contributed by atoms with Crippen LogP contribution in [0, 0.1) is 11.6 Å². The molecule has 5 heteroatoms. The average Bonchev–Trinajstić information content (AvgIpc) is 2.38. The van der Waals surface area contributed by atoms with E-state index in [4.69, 9.17) is 4.74 Å². The van der Waals surface area contributed by atoms with Crippen LogP contribution in [0.3, 0.4) is 0 Å². The molecular weight excluding hydrogens is 328 g/mol. The minimum absolute atomic E-state index is 0.179. The highest BCUT2D eigenvalue weighted by atomic mass is 79.9. The zero-order chi connectivity index (χ0) is 14.7. The average molecular weight is 342 g/mol. The molecule has 0 aromatic heterocycles. The Morgan fingerprint density at radius 1 is 1.10 bits per heavy atom. The van der Waals surface area contributed by atoms with Crippen LogP contribution >= 0.6 is 15.9 Å². The first-order chi connectivity index (χ1) is 9.51. The minimum atomic E-state index is -0.457. The van der Waals surface area contributed by atoms with Crippen molar-refractivity contribution in [2.75, 3.05) is 12.4 Å². The Kier molecular flexibility index (Phi) is 4.60. The van der Waals surface area contributed by atoms with Gasteiger partial charge in [0.25, 0.3) is 0 Å². The molecule has 0 radical (unpaired) electrons. The van der Waals surface area contributed by atoms with Gasteiger partial charge in [-0.25, -0.2) is 8.78 Å². The summed E-state index contributed by atoms with van der Waals surface area (Å²) in [5.74, 6) is -0.590. The van der Waals surface area contributed by atoms with Crippen molar-refractivity contribution in [3.05, 3.63) is 58.1 Å². The Hall–Kier alpha value is -1.62. The lowest BCUT2D eigenvalue weighted by molar-refractivity contribution is 0.386. The molecule has 0 aliphatic carbocycles. The van der Waals surface area contributed by atoms with E-state index in [9.17, 15) is 8.78 Å². The first kappa shape index (κ1) is 14.8. The van der Waals surface area contributed by atoms with Crippen LogP contribution in [0.15, 0.2) is 40.9 Å². The fourth-order valence-electron chi connectivity index (χ4n) is 1.94. The first-order valence-corrected chi connectivity index (χ1v) is 6.85. The van der Waals surface area contributed by atoms with Crippen molar-refractivity contribution in [3.8, 4) is 5.75 Å². The largest absolute Gasteiger partial charge is 0.494 e. The number of anilines is 1. The summed E-state index contributed by atoms with van der Waals surface area (Å²) >= 11 is 3.21. The van der Waals surface area contributed by atoms with Crippen LogP contribution in [0.25, 0.3) is 0 Å². The third-order valence-corrected chi connectivity index (χ3v) is 3.46.